The first kappa shape index (κ1) is 11.3. The van der Waals surface area contributed by atoms with Gasteiger partial charge >= 0.3 is 0 Å². The van der Waals surface area contributed by atoms with Gasteiger partial charge in [0.2, 0.25) is 6.67 Å². The predicted molar refractivity (Wildman–Crippen MR) is 59.5 cm³/mol. The van der Waals surface area contributed by atoms with Gasteiger partial charge in [0.15, 0.2) is 0 Å². The maximum atomic E-state index is 4.28. The van der Waals surface area contributed by atoms with Gasteiger partial charge in [-0.05, 0) is 11.8 Å². The number of nitrogens with zero attached hydrogens (tertiary/aromatic N) is 3. The Hall–Kier alpha value is -0.730. The number of rotatable bonds is 4. The van der Waals surface area contributed by atoms with E-state index >= 15 is 0 Å². The first-order valence-corrected chi connectivity index (χ1v) is 5.36. The maximum absolute atomic E-state index is 4.28. The van der Waals surface area contributed by atoms with Gasteiger partial charge in [-0.2, -0.15) is 5.10 Å². The van der Waals surface area contributed by atoms with Crippen LogP contribution in [0.4, 0.5) is 0 Å². The Balaban J connectivity index is 2.25. The first-order valence-electron chi connectivity index (χ1n) is 5.36. The quantitative estimate of drug-likeness (QED) is 0.686. The minimum Gasteiger partial charge on any atom is -0.329 e. The van der Waals surface area contributed by atoms with E-state index in [1.165, 1.54) is 12.8 Å². The zero-order valence-electron chi connectivity index (χ0n) is 9.75. The lowest BCUT2D eigenvalue weighted by atomic mass is 9.97. The van der Waals surface area contributed by atoms with Crippen LogP contribution in [-0.2, 0) is 0 Å². The van der Waals surface area contributed by atoms with E-state index in [4.69, 9.17) is 0 Å². The Bertz CT molecular complexity index is 193. The van der Waals surface area contributed by atoms with Gasteiger partial charge in [-0.15, -0.1) is 0 Å². The van der Waals surface area contributed by atoms with Crippen LogP contribution in [0.25, 0.3) is 0 Å². The molecule has 1 rings (SSSR count). The number of hydrogen-bond donors (Lipinski definition) is 0. The molecule has 0 fully saturated rings. The Morgan fingerprint density at radius 1 is 1.36 bits per heavy atom. The van der Waals surface area contributed by atoms with E-state index < -0.39 is 0 Å². The second-order valence-corrected chi connectivity index (χ2v) is 5.00. The molecule has 0 aromatic heterocycles. The molecule has 1 heterocycles. The third kappa shape index (κ3) is 3.99. The second-order valence-electron chi connectivity index (χ2n) is 5.00. The topological polar surface area (TPSA) is 18.8 Å². The molecule has 1 aliphatic rings. The summed E-state index contributed by atoms with van der Waals surface area (Å²) in [5.74, 6) is 0. The fraction of sp³-hybridized carbons (Fsp3) is 0.818. The molecule has 0 aromatic rings. The van der Waals surface area contributed by atoms with Crippen LogP contribution < -0.4 is 0 Å². The lowest BCUT2D eigenvalue weighted by Crippen LogP contribution is -2.28. The minimum atomic E-state index is 0.269. The maximum Gasteiger partial charge on any atom is 0.227 e. The van der Waals surface area contributed by atoms with Crippen molar-refractivity contribution in [3.05, 3.63) is 6.67 Å². The number of unbranched alkanes of at least 4 members (excludes halogenated alkanes) is 1. The molecule has 80 valence electrons. The molecule has 0 atom stereocenters. The summed E-state index contributed by atoms with van der Waals surface area (Å²) >= 11 is 0. The smallest absolute Gasteiger partial charge is 0.227 e. The summed E-state index contributed by atoms with van der Waals surface area (Å²) in [5.41, 5.74) is 0.269. The van der Waals surface area contributed by atoms with Gasteiger partial charge in [0, 0.05) is 13.1 Å². The highest BCUT2D eigenvalue weighted by atomic mass is 15.6. The highest BCUT2D eigenvalue weighted by Gasteiger charge is 2.21. The van der Waals surface area contributed by atoms with Crippen molar-refractivity contribution in [2.75, 3.05) is 13.1 Å². The summed E-state index contributed by atoms with van der Waals surface area (Å²) in [6.45, 7) is 14.0. The van der Waals surface area contributed by atoms with E-state index in [1.807, 2.05) is 16.2 Å². The van der Waals surface area contributed by atoms with E-state index in [0.717, 1.165) is 13.1 Å². The molecule has 0 aromatic carbocycles. The zero-order valence-corrected chi connectivity index (χ0v) is 9.75. The summed E-state index contributed by atoms with van der Waals surface area (Å²) in [7, 11) is 0. The van der Waals surface area contributed by atoms with Gasteiger partial charge in [-0.3, -0.25) is 5.01 Å². The van der Waals surface area contributed by atoms with Gasteiger partial charge in [0.25, 0.3) is 0 Å². The van der Waals surface area contributed by atoms with Crippen LogP contribution in [0.1, 0.15) is 40.5 Å². The molecular weight excluding hydrogens is 174 g/mol. The Kier molecular flexibility index (Phi) is 3.78. The summed E-state index contributed by atoms with van der Waals surface area (Å²) in [6.07, 6.45) is 4.27. The van der Waals surface area contributed by atoms with E-state index in [-0.39, 0.29) is 5.41 Å². The van der Waals surface area contributed by atoms with Crippen molar-refractivity contribution >= 4 is 6.34 Å². The summed E-state index contributed by atoms with van der Waals surface area (Å²) in [4.78, 5) is 2.04. The average Bonchev–Trinajstić information content (AvgIpc) is 2.46. The third-order valence-electron chi connectivity index (χ3n) is 1.95. The van der Waals surface area contributed by atoms with Crippen molar-refractivity contribution in [3.8, 4) is 0 Å². The molecule has 0 saturated carbocycles. The summed E-state index contributed by atoms with van der Waals surface area (Å²) < 4.78 is 0. The van der Waals surface area contributed by atoms with Gasteiger partial charge in [0.1, 0.15) is 6.34 Å². The van der Waals surface area contributed by atoms with Crippen molar-refractivity contribution in [3.63, 3.8) is 0 Å². The molecule has 2 radical (unpaired) electrons. The van der Waals surface area contributed by atoms with Crippen molar-refractivity contribution in [2.24, 2.45) is 10.5 Å². The monoisotopic (exact) mass is 195 g/mol. The normalized spacial score (nSPS) is 16.9. The van der Waals surface area contributed by atoms with Crippen LogP contribution in [-0.4, -0.2) is 29.3 Å². The standard InChI is InChI=1S/C11H21N3/c1-5-6-7-13-9-12-14(10-13)8-11(2,3)4/h9H,5-8H2,1-4H3. The van der Waals surface area contributed by atoms with Crippen molar-refractivity contribution < 1.29 is 0 Å². The first-order chi connectivity index (χ1) is 6.51. The molecule has 0 aliphatic carbocycles. The van der Waals surface area contributed by atoms with Crippen LogP contribution in [0.5, 0.6) is 0 Å². The highest BCUT2D eigenvalue weighted by Crippen LogP contribution is 2.19. The zero-order chi connectivity index (χ0) is 10.6. The molecule has 0 unspecified atom stereocenters. The van der Waals surface area contributed by atoms with E-state index in [2.05, 4.69) is 39.5 Å². The van der Waals surface area contributed by atoms with Gasteiger partial charge in [0.05, 0.1) is 0 Å². The summed E-state index contributed by atoms with van der Waals surface area (Å²) in [6, 6.07) is 0. The van der Waals surface area contributed by atoms with Crippen molar-refractivity contribution in [2.45, 2.75) is 40.5 Å². The molecule has 0 spiro atoms. The lowest BCUT2D eigenvalue weighted by molar-refractivity contribution is 0.217. The molecule has 14 heavy (non-hydrogen) atoms. The van der Waals surface area contributed by atoms with E-state index in [1.54, 1.807) is 0 Å². The van der Waals surface area contributed by atoms with Crippen molar-refractivity contribution in [1.82, 2.24) is 9.91 Å². The Labute approximate surface area is 87.8 Å². The average molecular weight is 195 g/mol. The van der Waals surface area contributed by atoms with Gasteiger partial charge < -0.3 is 4.90 Å². The molecule has 3 heteroatoms. The van der Waals surface area contributed by atoms with Crippen LogP contribution in [0, 0.1) is 12.1 Å². The van der Waals surface area contributed by atoms with Crippen molar-refractivity contribution in [1.29, 1.82) is 0 Å². The van der Waals surface area contributed by atoms with Crippen LogP contribution in [0.3, 0.4) is 0 Å². The third-order valence-corrected chi connectivity index (χ3v) is 1.95. The summed E-state index contributed by atoms with van der Waals surface area (Å²) in [5, 5.41) is 6.18. The minimum absolute atomic E-state index is 0.269. The molecule has 0 bridgehead atoms. The molecule has 0 amide bonds. The highest BCUT2D eigenvalue weighted by molar-refractivity contribution is 5.57. The molecule has 0 saturated heterocycles. The van der Waals surface area contributed by atoms with E-state index in [9.17, 15) is 0 Å². The SMILES string of the molecule is CCCCN1[C]N(CC(C)(C)C)N=C1. The molecular formula is C11H21N3. The molecule has 0 N–H and O–H groups in total. The Morgan fingerprint density at radius 2 is 2.07 bits per heavy atom. The second kappa shape index (κ2) is 4.67. The van der Waals surface area contributed by atoms with Crippen LogP contribution in [0.2, 0.25) is 0 Å². The van der Waals surface area contributed by atoms with Crippen LogP contribution in [0.15, 0.2) is 5.10 Å². The Morgan fingerprint density at radius 3 is 2.64 bits per heavy atom. The van der Waals surface area contributed by atoms with Crippen LogP contribution >= 0.6 is 0 Å². The van der Waals surface area contributed by atoms with E-state index in [0.29, 0.717) is 0 Å². The van der Waals surface area contributed by atoms with Gasteiger partial charge in [-0.25, -0.2) is 0 Å². The lowest BCUT2D eigenvalue weighted by Gasteiger charge is -2.24. The fourth-order valence-corrected chi connectivity index (χ4v) is 1.29. The van der Waals surface area contributed by atoms with Gasteiger partial charge in [-0.1, -0.05) is 34.1 Å². The number of hydrazone groups is 1. The predicted octanol–water partition coefficient (Wildman–Crippen LogP) is 2.39. The molecule has 1 aliphatic heterocycles. The fourth-order valence-electron chi connectivity index (χ4n) is 1.29. The molecule has 3 nitrogen and oxygen atoms in total. The number of hydrogen-bond acceptors (Lipinski definition) is 3. The largest absolute Gasteiger partial charge is 0.329 e.